The van der Waals surface area contributed by atoms with E-state index in [2.05, 4.69) is 10.2 Å². The van der Waals surface area contributed by atoms with Gasteiger partial charge in [0.2, 0.25) is 5.91 Å². The van der Waals surface area contributed by atoms with Crippen molar-refractivity contribution >= 4 is 5.91 Å². The van der Waals surface area contributed by atoms with E-state index in [1.165, 1.54) is 0 Å². The first-order valence-electron chi connectivity index (χ1n) is 11.1. The van der Waals surface area contributed by atoms with Gasteiger partial charge in [-0.25, -0.2) is 0 Å². The number of likely N-dealkylation sites (tertiary alicyclic amines) is 1. The zero-order valence-corrected chi connectivity index (χ0v) is 19.2. The molecule has 2 aromatic carbocycles. The lowest BCUT2D eigenvalue weighted by Crippen LogP contribution is -2.35. The van der Waals surface area contributed by atoms with Crippen molar-refractivity contribution in [2.24, 2.45) is 5.92 Å². The predicted octanol–water partition coefficient (Wildman–Crippen LogP) is 3.73. The van der Waals surface area contributed by atoms with Crippen LogP contribution in [-0.4, -0.2) is 50.3 Å². The van der Waals surface area contributed by atoms with Crippen molar-refractivity contribution in [3.05, 3.63) is 47.5 Å². The monoisotopic (exact) mass is 442 g/mol. The Morgan fingerprint density at radius 2 is 1.94 bits per heavy atom. The maximum absolute atomic E-state index is 12.4. The first kappa shape index (κ1) is 23.7. The topological polar surface area (TPSA) is 80.3 Å². The molecular formula is C25H34N2O5. The lowest BCUT2D eigenvalue weighted by Gasteiger charge is -2.33. The quantitative estimate of drug-likeness (QED) is 0.584. The molecule has 7 heteroatoms. The lowest BCUT2D eigenvalue weighted by molar-refractivity contribution is -0.121. The molecule has 2 N–H and O–H groups in total. The summed E-state index contributed by atoms with van der Waals surface area (Å²) >= 11 is 0. The number of nitrogens with zero attached hydrogens (tertiary/aromatic N) is 1. The molecule has 0 saturated carbocycles. The van der Waals surface area contributed by atoms with E-state index in [4.69, 9.17) is 14.2 Å². The van der Waals surface area contributed by atoms with Crippen molar-refractivity contribution in [3.8, 4) is 23.0 Å². The second-order valence-electron chi connectivity index (χ2n) is 8.19. The highest BCUT2D eigenvalue weighted by molar-refractivity contribution is 5.75. The molecule has 0 aliphatic carbocycles. The van der Waals surface area contributed by atoms with Crippen molar-refractivity contribution in [2.75, 3.05) is 34.4 Å². The molecule has 2 aromatic rings. The molecule has 0 spiro atoms. The number of hydrogen-bond acceptors (Lipinski definition) is 6. The second-order valence-corrected chi connectivity index (χ2v) is 8.19. The van der Waals surface area contributed by atoms with E-state index >= 15 is 0 Å². The third kappa shape index (κ3) is 6.29. The Labute approximate surface area is 190 Å². The molecule has 1 aliphatic rings. The number of ether oxygens (including phenoxy) is 3. The highest BCUT2D eigenvalue weighted by atomic mass is 16.5. The van der Waals surface area contributed by atoms with Crippen molar-refractivity contribution in [1.29, 1.82) is 0 Å². The van der Waals surface area contributed by atoms with Crippen LogP contribution in [0.5, 0.6) is 23.0 Å². The molecule has 3 rings (SSSR count). The van der Waals surface area contributed by atoms with Crippen molar-refractivity contribution in [3.63, 3.8) is 0 Å². The first-order chi connectivity index (χ1) is 15.5. The lowest BCUT2D eigenvalue weighted by atomic mass is 9.93. The second kappa shape index (κ2) is 11.6. The van der Waals surface area contributed by atoms with Gasteiger partial charge in [0.25, 0.3) is 0 Å². The molecule has 1 saturated heterocycles. The van der Waals surface area contributed by atoms with Gasteiger partial charge in [-0.3, -0.25) is 9.69 Å². The summed E-state index contributed by atoms with van der Waals surface area (Å²) in [5, 5.41) is 13.2. The Bertz CT molecular complexity index is 902. The largest absolute Gasteiger partial charge is 0.507 e. The van der Waals surface area contributed by atoms with E-state index in [9.17, 15) is 9.90 Å². The highest BCUT2D eigenvalue weighted by Gasteiger charge is 2.22. The van der Waals surface area contributed by atoms with Gasteiger partial charge in [-0.1, -0.05) is 6.07 Å². The average molecular weight is 443 g/mol. The fourth-order valence-corrected chi connectivity index (χ4v) is 4.27. The number of benzene rings is 2. The van der Waals surface area contributed by atoms with Crippen LogP contribution in [0, 0.1) is 5.92 Å². The maximum Gasteiger partial charge on any atom is 0.220 e. The number of rotatable bonds is 10. The summed E-state index contributed by atoms with van der Waals surface area (Å²) in [5.41, 5.74) is 1.74. The summed E-state index contributed by atoms with van der Waals surface area (Å²) in [6, 6.07) is 10.9. The molecule has 0 unspecified atom stereocenters. The van der Waals surface area contributed by atoms with E-state index in [0.717, 1.165) is 49.2 Å². The smallest absolute Gasteiger partial charge is 0.220 e. The SMILES string of the molecule is COc1ccc(CNC(=O)CC[C@H]2CCCN(Cc3c(O)cccc3OC)C2)c(OC)c1. The normalized spacial score (nSPS) is 16.4. The van der Waals surface area contributed by atoms with Gasteiger partial charge in [-0.15, -0.1) is 0 Å². The predicted molar refractivity (Wildman–Crippen MR) is 123 cm³/mol. The molecule has 174 valence electrons. The van der Waals surface area contributed by atoms with Crippen LogP contribution in [0.25, 0.3) is 0 Å². The molecule has 32 heavy (non-hydrogen) atoms. The Hall–Kier alpha value is -2.93. The molecule has 1 aliphatic heterocycles. The number of carbonyl (C=O) groups is 1. The summed E-state index contributed by atoms with van der Waals surface area (Å²) in [6.45, 7) is 2.97. The van der Waals surface area contributed by atoms with Crippen LogP contribution < -0.4 is 19.5 Å². The fraction of sp³-hybridized carbons (Fsp3) is 0.480. The van der Waals surface area contributed by atoms with E-state index < -0.39 is 0 Å². The minimum absolute atomic E-state index is 0.0439. The van der Waals surface area contributed by atoms with Gasteiger partial charge in [0.15, 0.2) is 0 Å². The third-order valence-corrected chi connectivity index (χ3v) is 6.06. The van der Waals surface area contributed by atoms with Crippen LogP contribution in [0.3, 0.4) is 0 Å². The van der Waals surface area contributed by atoms with E-state index in [-0.39, 0.29) is 11.7 Å². The van der Waals surface area contributed by atoms with Gasteiger partial charge in [-0.05, 0) is 56.0 Å². The molecule has 0 radical (unpaired) electrons. The summed E-state index contributed by atoms with van der Waals surface area (Å²) < 4.78 is 16.0. The van der Waals surface area contributed by atoms with Crippen LogP contribution in [-0.2, 0) is 17.9 Å². The number of phenols is 1. The molecule has 7 nitrogen and oxygen atoms in total. The van der Waals surface area contributed by atoms with E-state index in [1.807, 2.05) is 24.3 Å². The van der Waals surface area contributed by atoms with E-state index in [1.54, 1.807) is 33.5 Å². The molecular weight excluding hydrogens is 408 g/mol. The number of carbonyl (C=O) groups excluding carboxylic acids is 1. The molecule has 1 fully saturated rings. The highest BCUT2D eigenvalue weighted by Crippen LogP contribution is 2.31. The van der Waals surface area contributed by atoms with Crippen molar-refractivity contribution in [1.82, 2.24) is 10.2 Å². The Kier molecular flexibility index (Phi) is 8.62. The molecule has 1 atom stereocenters. The average Bonchev–Trinajstić information content (AvgIpc) is 2.82. The van der Waals surface area contributed by atoms with Crippen LogP contribution in [0.2, 0.25) is 0 Å². The van der Waals surface area contributed by atoms with Gasteiger partial charge < -0.3 is 24.6 Å². The van der Waals surface area contributed by atoms with Crippen LogP contribution in [0.4, 0.5) is 0 Å². The van der Waals surface area contributed by atoms with Gasteiger partial charge in [0.1, 0.15) is 23.0 Å². The number of aromatic hydroxyl groups is 1. The number of methoxy groups -OCH3 is 3. The summed E-state index contributed by atoms with van der Waals surface area (Å²) in [6.07, 6.45) is 3.55. The zero-order chi connectivity index (χ0) is 22.9. The van der Waals surface area contributed by atoms with Gasteiger partial charge in [0, 0.05) is 43.2 Å². The minimum Gasteiger partial charge on any atom is -0.507 e. The summed E-state index contributed by atoms with van der Waals surface area (Å²) in [7, 11) is 4.85. The fourth-order valence-electron chi connectivity index (χ4n) is 4.27. The Morgan fingerprint density at radius 3 is 2.69 bits per heavy atom. The standard InChI is InChI=1S/C25H34N2O5/c1-30-20-11-10-19(24(14-20)32-3)15-26-25(29)12-9-18-6-5-13-27(16-18)17-21-22(28)7-4-8-23(21)31-2/h4,7-8,10-11,14,18,28H,5-6,9,12-13,15-17H2,1-3H3,(H,26,29)/t18-/m1/s1. The van der Waals surface area contributed by atoms with Gasteiger partial charge in [0.05, 0.1) is 21.3 Å². The number of phenolic OH excluding ortho intramolecular Hbond substituents is 1. The summed E-state index contributed by atoms with van der Waals surface area (Å²) in [5.74, 6) is 2.90. The van der Waals surface area contributed by atoms with Gasteiger partial charge >= 0.3 is 0 Å². The number of piperidine rings is 1. The third-order valence-electron chi connectivity index (χ3n) is 6.06. The van der Waals surface area contributed by atoms with Crippen LogP contribution >= 0.6 is 0 Å². The number of nitrogens with one attached hydrogen (secondary N) is 1. The number of hydrogen-bond donors (Lipinski definition) is 2. The zero-order valence-electron chi connectivity index (χ0n) is 19.2. The van der Waals surface area contributed by atoms with Crippen LogP contribution in [0.15, 0.2) is 36.4 Å². The van der Waals surface area contributed by atoms with Crippen LogP contribution in [0.1, 0.15) is 36.8 Å². The number of amides is 1. The Balaban J connectivity index is 1.47. The molecule has 1 amide bonds. The minimum atomic E-state index is 0.0439. The molecule has 0 bridgehead atoms. The Morgan fingerprint density at radius 1 is 1.12 bits per heavy atom. The molecule has 0 aromatic heterocycles. The maximum atomic E-state index is 12.4. The molecule has 1 heterocycles. The van der Waals surface area contributed by atoms with Gasteiger partial charge in [-0.2, -0.15) is 0 Å². The summed E-state index contributed by atoms with van der Waals surface area (Å²) in [4.78, 5) is 14.8. The van der Waals surface area contributed by atoms with E-state index in [0.29, 0.717) is 36.9 Å². The van der Waals surface area contributed by atoms with Crippen molar-refractivity contribution < 1.29 is 24.1 Å². The first-order valence-corrected chi connectivity index (χ1v) is 11.1. The van der Waals surface area contributed by atoms with Crippen molar-refractivity contribution in [2.45, 2.75) is 38.8 Å².